The molecule has 1 aliphatic rings. The first kappa shape index (κ1) is 55.7. The molecule has 7 rings (SSSR count). The van der Waals surface area contributed by atoms with Gasteiger partial charge in [-0.25, -0.2) is 12.2 Å². The molecule has 0 fully saturated rings. The first-order valence-corrected chi connectivity index (χ1v) is 17.4. The van der Waals surface area contributed by atoms with E-state index in [1.807, 2.05) is 48.6 Å². The zero-order valence-electron chi connectivity index (χ0n) is 34.5. The number of rotatable bonds is 12. The van der Waals surface area contributed by atoms with E-state index in [4.69, 9.17) is 0 Å². The molecule has 56 heavy (non-hydrogen) atoms. The number of allylic oxidation sites excluding steroid dienone is 4. The number of hydrogen-bond donors (Lipinski definition) is 3. The predicted octanol–water partition coefficient (Wildman–Crippen LogP) is 12.5. The minimum absolute atomic E-state index is 0. The average molecular weight is 780 g/mol. The molecule has 1 aliphatic carbocycles. The second-order valence-corrected chi connectivity index (χ2v) is 11.7. The largest absolute Gasteiger partial charge is 0.358 e. The molecule has 0 radical (unpaired) electrons. The van der Waals surface area contributed by atoms with Crippen LogP contribution in [0, 0.1) is 43.2 Å². The van der Waals surface area contributed by atoms with E-state index in [0.29, 0.717) is 0 Å². The summed E-state index contributed by atoms with van der Waals surface area (Å²) in [6.07, 6.45) is 10.0. The molecule has 0 saturated carbocycles. The monoisotopic (exact) mass is 779 g/mol. The molecule has 3 nitrogen and oxygen atoms in total. The molecule has 0 aliphatic heterocycles. The Morgan fingerprint density at radius 1 is 0.321 bits per heavy atom. The van der Waals surface area contributed by atoms with Crippen LogP contribution in [0.3, 0.4) is 0 Å². The van der Waals surface area contributed by atoms with Gasteiger partial charge in [0.1, 0.15) is 0 Å². The Kier molecular flexibility index (Phi) is 37.1. The topological polar surface area (TPSA) is 36.1 Å². The first-order valence-electron chi connectivity index (χ1n) is 17.4. The molecule has 0 aromatic heterocycles. The van der Waals surface area contributed by atoms with Crippen molar-refractivity contribution >= 4 is 0 Å². The van der Waals surface area contributed by atoms with Crippen LogP contribution in [0.4, 0.5) is 0 Å². The molecule has 0 atom stereocenters. The van der Waals surface area contributed by atoms with Gasteiger partial charge in [0.15, 0.2) is 0 Å². The van der Waals surface area contributed by atoms with Gasteiger partial charge in [-0.3, -0.25) is 6.08 Å². The van der Waals surface area contributed by atoms with E-state index in [0.717, 1.165) is 45.7 Å². The summed E-state index contributed by atoms with van der Waals surface area (Å²) in [5.74, 6) is 0. The van der Waals surface area contributed by atoms with Crippen LogP contribution in [0.15, 0.2) is 200 Å². The molecule has 0 bridgehead atoms. The Labute approximate surface area is 358 Å². The van der Waals surface area contributed by atoms with E-state index in [2.05, 4.69) is 174 Å². The molecule has 6 aromatic carbocycles. The normalized spacial score (nSPS) is 9.71. The van der Waals surface area contributed by atoms with Gasteiger partial charge in [0.25, 0.3) is 0 Å². The first-order chi connectivity index (χ1) is 24.8. The number of nitrogens with one attached hydrogen (secondary N) is 3. The molecule has 298 valence electrons. The second-order valence-electron chi connectivity index (χ2n) is 11.7. The summed E-state index contributed by atoms with van der Waals surface area (Å²) in [5, 5.41) is 10.3. The van der Waals surface area contributed by atoms with Gasteiger partial charge in [0.2, 0.25) is 0 Å². The predicted molar refractivity (Wildman–Crippen MR) is 244 cm³/mol. The van der Waals surface area contributed by atoms with Crippen LogP contribution in [0.5, 0.6) is 0 Å². The standard InChI is InChI=1S/3C14H15N.C5H5.5CH3.Ti/c3*1-3-7-13(8-4-1)11-15-12-14-9-5-2-6-10-14;1-2-4-5-3-1;;;;;;/h3*1-10,15H,11-12H2;1-3H,4H2;5*1H3;/q;;;6*-1;. The van der Waals surface area contributed by atoms with Crippen molar-refractivity contribution < 1.29 is 21.7 Å². The summed E-state index contributed by atoms with van der Waals surface area (Å²) in [6, 6.07) is 62.7. The zero-order valence-corrected chi connectivity index (χ0v) is 36.1. The Morgan fingerprint density at radius 3 is 0.643 bits per heavy atom. The molecule has 0 spiro atoms. The van der Waals surface area contributed by atoms with Gasteiger partial charge in [-0.1, -0.05) is 182 Å². The van der Waals surface area contributed by atoms with Gasteiger partial charge in [-0.2, -0.15) is 6.08 Å². The fourth-order valence-electron chi connectivity index (χ4n) is 4.97. The van der Waals surface area contributed by atoms with Crippen LogP contribution in [-0.2, 0) is 61.0 Å². The molecule has 0 saturated heterocycles. The molecule has 0 amide bonds. The quantitative estimate of drug-likeness (QED) is 0.0855. The van der Waals surface area contributed by atoms with Crippen LogP contribution >= 0.6 is 0 Å². The van der Waals surface area contributed by atoms with E-state index < -0.39 is 0 Å². The maximum Gasteiger partial charge on any atom is 0.0208 e. The van der Waals surface area contributed by atoms with Crippen molar-refractivity contribution in [1.82, 2.24) is 16.0 Å². The van der Waals surface area contributed by atoms with Crippen LogP contribution in [-0.4, -0.2) is 0 Å². The molecule has 6 aromatic rings. The maximum atomic E-state index is 3.42. The van der Waals surface area contributed by atoms with E-state index in [1.165, 1.54) is 33.4 Å². The van der Waals surface area contributed by atoms with E-state index in [1.54, 1.807) is 0 Å². The van der Waals surface area contributed by atoms with E-state index in [-0.39, 0.29) is 58.9 Å². The second kappa shape index (κ2) is 37.3. The van der Waals surface area contributed by atoms with Gasteiger partial charge in [-0.15, -0.1) is 6.42 Å². The van der Waals surface area contributed by atoms with Gasteiger partial charge >= 0.3 is 0 Å². The Morgan fingerprint density at radius 2 is 0.518 bits per heavy atom. The van der Waals surface area contributed by atoms with Crippen molar-refractivity contribution in [3.63, 3.8) is 0 Å². The summed E-state index contributed by atoms with van der Waals surface area (Å²) >= 11 is 0. The van der Waals surface area contributed by atoms with Gasteiger partial charge < -0.3 is 53.1 Å². The summed E-state index contributed by atoms with van der Waals surface area (Å²) in [7, 11) is 0. The summed E-state index contributed by atoms with van der Waals surface area (Å²) in [4.78, 5) is 0. The van der Waals surface area contributed by atoms with Crippen LogP contribution in [0.2, 0.25) is 0 Å². The van der Waals surface area contributed by atoms with Crippen molar-refractivity contribution in [2.75, 3.05) is 0 Å². The minimum atomic E-state index is 0. The number of hydrogen-bond acceptors (Lipinski definition) is 3. The van der Waals surface area contributed by atoms with Crippen molar-refractivity contribution in [2.24, 2.45) is 0 Å². The van der Waals surface area contributed by atoms with Crippen LogP contribution < -0.4 is 16.0 Å². The average Bonchev–Trinajstić information content (AvgIpc) is 3.79. The smallest absolute Gasteiger partial charge is 0.0208 e. The maximum absolute atomic E-state index is 3.42. The summed E-state index contributed by atoms with van der Waals surface area (Å²) in [6.45, 7) is 5.56. The fraction of sp³-hybridized carbons (Fsp3) is 0.135. The minimum Gasteiger partial charge on any atom is -0.358 e. The molecule has 0 unspecified atom stereocenters. The van der Waals surface area contributed by atoms with Crippen molar-refractivity contribution in [1.29, 1.82) is 0 Å². The summed E-state index contributed by atoms with van der Waals surface area (Å²) in [5.41, 5.74) is 7.96. The number of benzene rings is 6. The molecule has 4 heteroatoms. The van der Waals surface area contributed by atoms with Gasteiger partial charge in [-0.05, 0) is 33.4 Å². The molecular formula is C52H65N3Ti-6. The third-order valence-corrected chi connectivity index (χ3v) is 7.62. The van der Waals surface area contributed by atoms with Crippen molar-refractivity contribution in [3.8, 4) is 0 Å². The van der Waals surface area contributed by atoms with Crippen LogP contribution in [0.25, 0.3) is 0 Å². The van der Waals surface area contributed by atoms with Crippen LogP contribution in [0.1, 0.15) is 39.8 Å². The third kappa shape index (κ3) is 26.2. The Bertz CT molecular complexity index is 1390. The van der Waals surface area contributed by atoms with Crippen molar-refractivity contribution in [2.45, 2.75) is 45.7 Å². The zero-order chi connectivity index (χ0) is 34.6. The molecule has 0 heterocycles. The Balaban J connectivity index is -0.000000672. The summed E-state index contributed by atoms with van der Waals surface area (Å²) < 4.78 is 0. The van der Waals surface area contributed by atoms with Gasteiger partial charge in [0, 0.05) is 61.0 Å². The van der Waals surface area contributed by atoms with Gasteiger partial charge in [0.05, 0.1) is 0 Å². The fourth-order valence-corrected chi connectivity index (χ4v) is 4.97. The van der Waals surface area contributed by atoms with E-state index in [9.17, 15) is 0 Å². The Hall–Kier alpha value is -4.61. The SMILES string of the molecule is [C-]1=CC=CC1.[CH3-].[CH3-].[CH3-].[CH3-].[CH3-].[Ti].c1ccc(CNCc2ccccc2)cc1.c1ccc(CNCc2ccccc2)cc1.c1ccc(CNCc2ccccc2)cc1. The third-order valence-electron chi connectivity index (χ3n) is 7.62. The molecular weight excluding hydrogens is 714 g/mol. The van der Waals surface area contributed by atoms with E-state index >= 15 is 0 Å². The van der Waals surface area contributed by atoms with Crippen molar-refractivity contribution in [3.05, 3.63) is 277 Å². The molecule has 3 N–H and O–H groups in total.